The van der Waals surface area contributed by atoms with Gasteiger partial charge in [-0.05, 0) is 32.4 Å². The molecule has 1 aliphatic heterocycles. The van der Waals surface area contributed by atoms with Gasteiger partial charge in [0.05, 0.1) is 24.2 Å². The van der Waals surface area contributed by atoms with Gasteiger partial charge in [0.25, 0.3) is 0 Å². The molecular weight excluding hydrogens is 304 g/mol. The summed E-state index contributed by atoms with van der Waals surface area (Å²) in [6.07, 6.45) is 5.07. The molecule has 122 valence electrons. The van der Waals surface area contributed by atoms with Crippen molar-refractivity contribution in [1.29, 1.82) is 5.26 Å². The van der Waals surface area contributed by atoms with Crippen LogP contribution in [0.15, 0.2) is 18.5 Å². The molecule has 0 bridgehead atoms. The normalized spacial score (nSPS) is 21.2. The fourth-order valence-electron chi connectivity index (χ4n) is 3.89. The third-order valence-electron chi connectivity index (χ3n) is 4.92. The number of aromatic nitrogens is 4. The van der Waals surface area contributed by atoms with Gasteiger partial charge in [-0.15, -0.1) is 0 Å². The van der Waals surface area contributed by atoms with E-state index in [2.05, 4.69) is 20.3 Å². The second kappa shape index (κ2) is 5.42. The van der Waals surface area contributed by atoms with Gasteiger partial charge in [-0.1, -0.05) is 0 Å². The number of hydrogen-bond donors (Lipinski definition) is 2. The lowest BCUT2D eigenvalue weighted by molar-refractivity contribution is -0.127. The first-order valence-electron chi connectivity index (χ1n) is 8.10. The Morgan fingerprint density at radius 3 is 3.17 bits per heavy atom. The molecule has 3 aromatic rings. The van der Waals surface area contributed by atoms with E-state index in [1.54, 1.807) is 6.20 Å². The maximum atomic E-state index is 13.0. The number of nitriles is 1. The fraction of sp³-hybridized carbons (Fsp3) is 0.412. The van der Waals surface area contributed by atoms with E-state index in [1.807, 2.05) is 29.8 Å². The Balaban J connectivity index is 2.05. The van der Waals surface area contributed by atoms with E-state index in [-0.39, 0.29) is 12.2 Å². The molecule has 0 aliphatic carbocycles. The number of pyridine rings is 1. The van der Waals surface area contributed by atoms with Crippen molar-refractivity contribution in [1.82, 2.24) is 24.8 Å². The standard InChI is InChI=1S/C17H18N6O/c1-11-22-13-9-21-16-12(4-8-20-16)15(13)23(11)17(14(24)3-6-18)5-2-7-19-10-17/h4,8-9,19H,2-3,5,7,10H2,1H3,(H,20,21). The molecule has 4 heterocycles. The van der Waals surface area contributed by atoms with Crippen LogP contribution >= 0.6 is 0 Å². The first kappa shape index (κ1) is 14.8. The highest BCUT2D eigenvalue weighted by Crippen LogP contribution is 2.35. The Kier molecular flexibility index (Phi) is 3.36. The van der Waals surface area contributed by atoms with Crippen LogP contribution in [0.2, 0.25) is 0 Å². The number of imidazole rings is 1. The van der Waals surface area contributed by atoms with Crippen molar-refractivity contribution < 1.29 is 4.79 Å². The van der Waals surface area contributed by atoms with E-state index in [1.165, 1.54) is 0 Å². The van der Waals surface area contributed by atoms with Crippen LogP contribution < -0.4 is 5.32 Å². The summed E-state index contributed by atoms with van der Waals surface area (Å²) >= 11 is 0. The van der Waals surface area contributed by atoms with Crippen molar-refractivity contribution in [3.63, 3.8) is 0 Å². The molecular formula is C17H18N6O. The van der Waals surface area contributed by atoms with Crippen LogP contribution in [0.25, 0.3) is 22.1 Å². The maximum Gasteiger partial charge on any atom is 0.174 e. The van der Waals surface area contributed by atoms with Crippen molar-refractivity contribution in [3.8, 4) is 6.07 Å². The number of nitrogens with zero attached hydrogens (tertiary/aromatic N) is 4. The monoisotopic (exact) mass is 322 g/mol. The molecule has 1 saturated heterocycles. The summed E-state index contributed by atoms with van der Waals surface area (Å²) in [5, 5.41) is 13.4. The highest BCUT2D eigenvalue weighted by atomic mass is 16.1. The second-order valence-corrected chi connectivity index (χ2v) is 6.30. The van der Waals surface area contributed by atoms with E-state index in [0.717, 1.165) is 40.9 Å². The zero-order valence-electron chi connectivity index (χ0n) is 13.5. The van der Waals surface area contributed by atoms with Crippen LogP contribution in [-0.2, 0) is 10.3 Å². The van der Waals surface area contributed by atoms with Gasteiger partial charge in [-0.2, -0.15) is 5.26 Å². The number of fused-ring (bicyclic) bond motifs is 3. The van der Waals surface area contributed by atoms with E-state index < -0.39 is 5.54 Å². The van der Waals surface area contributed by atoms with Crippen molar-refractivity contribution in [3.05, 3.63) is 24.3 Å². The number of piperidine rings is 1. The molecule has 2 N–H and O–H groups in total. The van der Waals surface area contributed by atoms with Crippen LogP contribution in [0.3, 0.4) is 0 Å². The first-order valence-corrected chi connectivity index (χ1v) is 8.10. The number of Topliss-reactive ketones (excluding diaryl/α,β-unsaturated/α-hetero) is 1. The lowest BCUT2D eigenvalue weighted by atomic mass is 9.83. The lowest BCUT2D eigenvalue weighted by Gasteiger charge is -2.38. The molecule has 1 atom stereocenters. The van der Waals surface area contributed by atoms with Gasteiger partial charge in [-0.3, -0.25) is 4.79 Å². The van der Waals surface area contributed by atoms with Gasteiger partial charge in [0.1, 0.15) is 22.5 Å². The van der Waals surface area contributed by atoms with E-state index in [4.69, 9.17) is 5.26 Å². The molecule has 0 aromatic carbocycles. The zero-order valence-corrected chi connectivity index (χ0v) is 13.5. The fourth-order valence-corrected chi connectivity index (χ4v) is 3.89. The molecule has 3 aromatic heterocycles. The van der Waals surface area contributed by atoms with Crippen LogP contribution in [0, 0.1) is 18.3 Å². The Labute approximate surface area is 138 Å². The predicted molar refractivity (Wildman–Crippen MR) is 89.4 cm³/mol. The number of nitrogens with one attached hydrogen (secondary N) is 2. The number of aryl methyl sites for hydroxylation is 1. The summed E-state index contributed by atoms with van der Waals surface area (Å²) in [5.41, 5.74) is 1.69. The Morgan fingerprint density at radius 1 is 1.54 bits per heavy atom. The third kappa shape index (κ3) is 1.96. The summed E-state index contributed by atoms with van der Waals surface area (Å²) in [7, 11) is 0. The molecule has 4 rings (SSSR count). The zero-order chi connectivity index (χ0) is 16.7. The van der Waals surface area contributed by atoms with E-state index >= 15 is 0 Å². The highest BCUT2D eigenvalue weighted by Gasteiger charge is 2.43. The Morgan fingerprint density at radius 2 is 2.42 bits per heavy atom. The van der Waals surface area contributed by atoms with Crippen molar-refractivity contribution in [2.45, 2.75) is 31.7 Å². The van der Waals surface area contributed by atoms with Crippen molar-refractivity contribution >= 4 is 27.9 Å². The number of ketones is 1. The number of carbonyl (C=O) groups is 1. The third-order valence-corrected chi connectivity index (χ3v) is 4.92. The molecule has 1 unspecified atom stereocenters. The van der Waals surface area contributed by atoms with Gasteiger partial charge in [0.15, 0.2) is 5.78 Å². The minimum Gasteiger partial charge on any atom is -0.346 e. The molecule has 0 saturated carbocycles. The molecule has 0 spiro atoms. The minimum atomic E-state index is -0.766. The summed E-state index contributed by atoms with van der Waals surface area (Å²) < 4.78 is 2.03. The van der Waals surface area contributed by atoms with Gasteiger partial charge in [0.2, 0.25) is 0 Å². The summed E-state index contributed by atoms with van der Waals surface area (Å²) in [5.74, 6) is 0.718. The van der Waals surface area contributed by atoms with Crippen molar-refractivity contribution in [2.75, 3.05) is 13.1 Å². The Bertz CT molecular complexity index is 970. The number of rotatable bonds is 3. The number of hydrogen-bond acceptors (Lipinski definition) is 5. The highest BCUT2D eigenvalue weighted by molar-refractivity contribution is 6.03. The molecule has 0 amide bonds. The molecule has 0 radical (unpaired) electrons. The largest absolute Gasteiger partial charge is 0.346 e. The van der Waals surface area contributed by atoms with Gasteiger partial charge in [-0.25, -0.2) is 9.97 Å². The van der Waals surface area contributed by atoms with Crippen LogP contribution in [0.5, 0.6) is 0 Å². The molecule has 1 fully saturated rings. The van der Waals surface area contributed by atoms with Crippen LogP contribution in [-0.4, -0.2) is 38.4 Å². The van der Waals surface area contributed by atoms with Gasteiger partial charge in [0, 0.05) is 18.1 Å². The summed E-state index contributed by atoms with van der Waals surface area (Å²) in [4.78, 5) is 25.1. The SMILES string of the molecule is Cc1nc2cnc3[nH]ccc3c2n1C1(C(=O)CC#N)CCCNC1. The topological polar surface area (TPSA) is 99.4 Å². The maximum absolute atomic E-state index is 13.0. The number of carbonyl (C=O) groups excluding carboxylic acids is 1. The predicted octanol–water partition coefficient (Wildman–Crippen LogP) is 1.78. The molecule has 1 aliphatic rings. The van der Waals surface area contributed by atoms with Gasteiger partial charge < -0.3 is 14.9 Å². The van der Waals surface area contributed by atoms with Crippen LogP contribution in [0.1, 0.15) is 25.1 Å². The summed E-state index contributed by atoms with van der Waals surface area (Å²) in [6, 6.07) is 3.98. The van der Waals surface area contributed by atoms with E-state index in [0.29, 0.717) is 13.0 Å². The van der Waals surface area contributed by atoms with Gasteiger partial charge >= 0.3 is 0 Å². The van der Waals surface area contributed by atoms with E-state index in [9.17, 15) is 4.79 Å². The minimum absolute atomic E-state index is 0.0555. The summed E-state index contributed by atoms with van der Waals surface area (Å²) in [6.45, 7) is 3.32. The molecule has 24 heavy (non-hydrogen) atoms. The molecule has 7 heteroatoms. The molecule has 7 nitrogen and oxygen atoms in total. The average molecular weight is 322 g/mol. The second-order valence-electron chi connectivity index (χ2n) is 6.30. The van der Waals surface area contributed by atoms with Crippen LogP contribution in [0.4, 0.5) is 0 Å². The smallest absolute Gasteiger partial charge is 0.174 e. The quantitative estimate of drug-likeness (QED) is 0.766. The first-order chi connectivity index (χ1) is 11.7. The van der Waals surface area contributed by atoms with Crippen molar-refractivity contribution in [2.24, 2.45) is 0 Å². The Hall–Kier alpha value is -2.72. The average Bonchev–Trinajstić information content (AvgIpc) is 3.18. The number of aromatic amines is 1. The lowest BCUT2D eigenvalue weighted by Crippen LogP contribution is -2.53. The number of H-pyrrole nitrogens is 1.